The minimum atomic E-state index is -0.925. The van der Waals surface area contributed by atoms with Crippen molar-refractivity contribution < 1.29 is 37.3 Å². The van der Waals surface area contributed by atoms with E-state index in [1.54, 1.807) is 6.20 Å². The third kappa shape index (κ3) is 9.90. The van der Waals surface area contributed by atoms with Gasteiger partial charge in [0.2, 0.25) is 5.88 Å². The molecule has 1 aromatic carbocycles. The molecule has 0 bridgehead atoms. The Morgan fingerprint density at radius 1 is 1.00 bits per heavy atom. The number of rotatable bonds is 13. The highest BCUT2D eigenvalue weighted by atomic mass is 35.5. The van der Waals surface area contributed by atoms with Crippen LogP contribution in [0.25, 0.3) is 33.1 Å². The Morgan fingerprint density at radius 2 is 1.84 bits per heavy atom. The number of fused-ring (bicyclic) bond motifs is 3. The fraction of sp³-hybridized carbons (Fsp3) is 0.674. The first-order valence-corrected chi connectivity index (χ1v) is 22.9. The molecule has 4 aliphatic rings. The van der Waals surface area contributed by atoms with Gasteiger partial charge in [0, 0.05) is 61.4 Å². The van der Waals surface area contributed by atoms with Crippen LogP contribution >= 0.6 is 11.6 Å². The molecule has 0 radical (unpaired) electrons. The predicted molar refractivity (Wildman–Crippen MR) is 233 cm³/mol. The van der Waals surface area contributed by atoms with Gasteiger partial charge in [0.25, 0.3) is 0 Å². The van der Waals surface area contributed by atoms with E-state index in [-0.39, 0.29) is 42.0 Å². The molecule has 8 rings (SSSR count). The van der Waals surface area contributed by atoms with Crippen LogP contribution in [0.1, 0.15) is 118 Å². The van der Waals surface area contributed by atoms with Crippen molar-refractivity contribution in [3.8, 4) is 23.1 Å². The summed E-state index contributed by atoms with van der Waals surface area (Å²) in [7, 11) is 0. The summed E-state index contributed by atoms with van der Waals surface area (Å²) in [5.74, 6) is -0.163. The zero-order chi connectivity index (χ0) is 43.8. The minimum absolute atomic E-state index is 0.0129. The Labute approximate surface area is 368 Å². The van der Waals surface area contributed by atoms with Crippen molar-refractivity contribution in [3.05, 3.63) is 34.9 Å². The number of alkyl halides is 1. The molecule has 0 N–H and O–H groups in total. The Balaban J connectivity index is 1.07. The number of hydrogen-bond acceptors (Lipinski definition) is 11. The van der Waals surface area contributed by atoms with Crippen molar-refractivity contribution in [2.24, 2.45) is 5.92 Å². The lowest BCUT2D eigenvalue weighted by Gasteiger charge is -2.34. The van der Waals surface area contributed by atoms with Gasteiger partial charge < -0.3 is 28.6 Å². The van der Waals surface area contributed by atoms with E-state index in [9.17, 15) is 9.18 Å². The van der Waals surface area contributed by atoms with E-state index in [2.05, 4.69) is 14.9 Å². The molecular weight excluding hydrogens is 820 g/mol. The normalized spacial score (nSPS) is 23.6. The molecule has 4 atom stereocenters. The van der Waals surface area contributed by atoms with E-state index in [0.29, 0.717) is 90.7 Å². The monoisotopic (exact) mass is 881 g/mol. The van der Waals surface area contributed by atoms with E-state index in [0.717, 1.165) is 64.3 Å². The second kappa shape index (κ2) is 18.3. The fourth-order valence-corrected chi connectivity index (χ4v) is 9.96. The molecule has 4 saturated heterocycles. The number of halogens is 3. The first-order chi connectivity index (χ1) is 29.6. The maximum absolute atomic E-state index is 17.5. The third-order valence-electron chi connectivity index (χ3n) is 12.5. The SMILES string of the molecule is CC(C)(C)OC(=O)N1CCCC(CCCOCCc2c(Cl)cc3c(cnn3C3CCCCO3)c2-c2ncc3c(OC(C)(C)C)nc(OC[C@@]45CCCN4C[C@H](F)C5)nc3c2F)C1. The summed E-state index contributed by atoms with van der Waals surface area (Å²) in [6.45, 7) is 15.6. The van der Waals surface area contributed by atoms with Gasteiger partial charge in [0.15, 0.2) is 12.0 Å². The van der Waals surface area contributed by atoms with E-state index >= 15 is 4.39 Å². The number of aromatic nitrogens is 5. The zero-order valence-corrected chi connectivity index (χ0v) is 37.9. The lowest BCUT2D eigenvalue weighted by Crippen LogP contribution is -2.43. The molecule has 16 heteroatoms. The van der Waals surface area contributed by atoms with Crippen LogP contribution in [0.2, 0.25) is 5.02 Å². The van der Waals surface area contributed by atoms with E-state index in [1.165, 1.54) is 6.20 Å². The van der Waals surface area contributed by atoms with Crippen molar-refractivity contribution in [3.63, 3.8) is 0 Å². The molecule has 7 heterocycles. The van der Waals surface area contributed by atoms with Crippen molar-refractivity contribution in [2.45, 2.75) is 141 Å². The molecular formula is C46H62ClF2N7O6. The van der Waals surface area contributed by atoms with Crippen molar-refractivity contribution >= 4 is 39.5 Å². The Kier molecular flexibility index (Phi) is 13.2. The van der Waals surface area contributed by atoms with Gasteiger partial charge in [-0.2, -0.15) is 15.1 Å². The molecule has 0 aliphatic carbocycles. The molecule has 2 unspecified atom stereocenters. The summed E-state index contributed by atoms with van der Waals surface area (Å²) in [5, 5.41) is 6.17. The second-order valence-corrected chi connectivity index (χ2v) is 20.0. The van der Waals surface area contributed by atoms with Crippen LogP contribution in [0.5, 0.6) is 11.9 Å². The third-order valence-corrected chi connectivity index (χ3v) is 12.8. The lowest BCUT2D eigenvalue weighted by atomic mass is 9.94. The number of nitrogens with zero attached hydrogens (tertiary/aromatic N) is 7. The number of likely N-dealkylation sites (tertiary alicyclic amines) is 1. The minimum Gasteiger partial charge on any atom is -0.471 e. The van der Waals surface area contributed by atoms with Crippen LogP contribution < -0.4 is 9.47 Å². The molecule has 4 aromatic rings. The van der Waals surface area contributed by atoms with Gasteiger partial charge in [-0.15, -0.1) is 0 Å². The standard InChI is InChI=1S/C46H62ClF2N7O6/c1-44(2,3)61-41-33-24-50-40(38(49)39(33)52-42(53-41)60-28-46-16-11-18-55(46)27-30(48)23-46)37-31(34(47)22-35-32(37)25-51-56(35)36-14-7-8-20-59-36)15-21-58-19-10-13-29-12-9-17-54(26-29)43(57)62-45(4,5)6/h22,24-25,29-30,36H,7-21,23,26-28H2,1-6H3/t29?,30-,36?,46+/m1/s1. The highest BCUT2D eigenvalue weighted by Crippen LogP contribution is 2.43. The van der Waals surface area contributed by atoms with Crippen molar-refractivity contribution in [1.29, 1.82) is 0 Å². The van der Waals surface area contributed by atoms with Gasteiger partial charge in [0.05, 0.1) is 29.2 Å². The van der Waals surface area contributed by atoms with Gasteiger partial charge in [0.1, 0.15) is 35.2 Å². The van der Waals surface area contributed by atoms with E-state index < -0.39 is 28.7 Å². The molecule has 338 valence electrons. The first kappa shape index (κ1) is 44.7. The van der Waals surface area contributed by atoms with Gasteiger partial charge in [-0.1, -0.05) is 11.6 Å². The Hall–Kier alpha value is -3.92. The van der Waals surface area contributed by atoms with Gasteiger partial charge >= 0.3 is 12.1 Å². The van der Waals surface area contributed by atoms with Crippen molar-refractivity contribution in [1.82, 2.24) is 34.5 Å². The Morgan fingerprint density at radius 3 is 2.61 bits per heavy atom. The molecule has 4 aliphatic heterocycles. The topological polar surface area (TPSA) is 126 Å². The number of carbonyl (C=O) groups excluding carboxylic acids is 1. The van der Waals surface area contributed by atoms with E-state index in [4.69, 9.17) is 45.4 Å². The lowest BCUT2D eigenvalue weighted by molar-refractivity contribution is -0.0366. The summed E-state index contributed by atoms with van der Waals surface area (Å²) < 4.78 is 64.5. The summed E-state index contributed by atoms with van der Waals surface area (Å²) in [6.07, 6.45) is 10.9. The fourth-order valence-electron chi connectivity index (χ4n) is 9.67. The highest BCUT2D eigenvalue weighted by Gasteiger charge is 2.49. The first-order valence-electron chi connectivity index (χ1n) is 22.5. The average molecular weight is 882 g/mol. The number of carbonyl (C=O) groups is 1. The molecule has 62 heavy (non-hydrogen) atoms. The summed E-state index contributed by atoms with van der Waals surface area (Å²) in [4.78, 5) is 30.7. The van der Waals surface area contributed by atoms with Crippen LogP contribution in [0.4, 0.5) is 13.6 Å². The quantitative estimate of drug-likeness (QED) is 0.119. The average Bonchev–Trinajstić information content (AvgIpc) is 3.90. The molecule has 13 nitrogen and oxygen atoms in total. The van der Waals surface area contributed by atoms with Gasteiger partial charge in [-0.25, -0.2) is 18.3 Å². The Bertz CT molecular complexity index is 2240. The van der Waals surface area contributed by atoms with Gasteiger partial charge in [-0.05, 0) is 130 Å². The number of piperidine rings is 1. The molecule has 0 saturated carbocycles. The second-order valence-electron chi connectivity index (χ2n) is 19.6. The van der Waals surface area contributed by atoms with Crippen LogP contribution in [-0.2, 0) is 20.6 Å². The largest absolute Gasteiger partial charge is 0.471 e. The number of hydrogen-bond donors (Lipinski definition) is 0. The molecule has 3 aromatic heterocycles. The maximum Gasteiger partial charge on any atom is 0.410 e. The summed E-state index contributed by atoms with van der Waals surface area (Å²) in [6, 6.07) is 1.83. The number of benzene rings is 1. The van der Waals surface area contributed by atoms with Crippen molar-refractivity contribution in [2.75, 3.05) is 52.6 Å². The van der Waals surface area contributed by atoms with Crippen LogP contribution in [0.3, 0.4) is 0 Å². The summed E-state index contributed by atoms with van der Waals surface area (Å²) >= 11 is 7.17. The number of ether oxygens (including phenoxy) is 5. The van der Waals surface area contributed by atoms with E-state index in [1.807, 2.05) is 57.2 Å². The maximum atomic E-state index is 17.5. The predicted octanol–water partition coefficient (Wildman–Crippen LogP) is 9.65. The molecule has 0 spiro atoms. The van der Waals surface area contributed by atoms with Crippen LogP contribution in [0, 0.1) is 11.7 Å². The number of pyridine rings is 1. The van der Waals surface area contributed by atoms with Crippen LogP contribution in [0.15, 0.2) is 18.5 Å². The summed E-state index contributed by atoms with van der Waals surface area (Å²) in [5.41, 5.74) is 0.270. The van der Waals surface area contributed by atoms with Gasteiger partial charge in [-0.3, -0.25) is 9.88 Å². The molecule has 1 amide bonds. The van der Waals surface area contributed by atoms with Crippen LogP contribution in [-0.4, -0.2) is 116 Å². The number of amides is 1. The molecule has 4 fully saturated rings. The highest BCUT2D eigenvalue weighted by molar-refractivity contribution is 6.33. The zero-order valence-electron chi connectivity index (χ0n) is 37.1. The smallest absolute Gasteiger partial charge is 0.410 e.